The zero-order valence-electron chi connectivity index (χ0n) is 7.54. The number of rotatable bonds is 1. The Balaban J connectivity index is 0.00000121. The molecule has 0 bridgehead atoms. The zero-order valence-corrected chi connectivity index (χ0v) is 8.36. The van der Waals surface area contributed by atoms with E-state index in [9.17, 15) is 4.79 Å². The van der Waals surface area contributed by atoms with Crippen molar-refractivity contribution in [2.24, 2.45) is 11.7 Å². The average molecular weight is 193 g/mol. The molecular formula is C8H17ClN2O. The van der Waals surface area contributed by atoms with Crippen molar-refractivity contribution in [3.05, 3.63) is 0 Å². The number of carbonyl (C=O) groups is 1. The highest BCUT2D eigenvalue weighted by Crippen LogP contribution is 2.13. The molecule has 2 unspecified atom stereocenters. The topological polar surface area (TPSA) is 55.1 Å². The number of piperidine rings is 1. The minimum Gasteiger partial charge on any atom is -0.352 e. The van der Waals surface area contributed by atoms with Crippen LogP contribution in [0, 0.1) is 5.92 Å². The van der Waals surface area contributed by atoms with E-state index in [1.807, 2.05) is 0 Å². The number of nitrogens with one attached hydrogen (secondary N) is 1. The highest BCUT2D eigenvalue weighted by Gasteiger charge is 2.27. The van der Waals surface area contributed by atoms with Crippen LogP contribution < -0.4 is 11.1 Å². The van der Waals surface area contributed by atoms with Gasteiger partial charge in [-0.3, -0.25) is 4.79 Å². The minimum atomic E-state index is 0. The Bertz CT molecular complexity index is 161. The lowest BCUT2D eigenvalue weighted by Gasteiger charge is -2.32. The molecule has 0 radical (unpaired) electrons. The van der Waals surface area contributed by atoms with Gasteiger partial charge in [-0.15, -0.1) is 12.4 Å². The van der Waals surface area contributed by atoms with Gasteiger partial charge in [-0.25, -0.2) is 0 Å². The van der Waals surface area contributed by atoms with Gasteiger partial charge < -0.3 is 11.1 Å². The van der Waals surface area contributed by atoms with Crippen molar-refractivity contribution in [2.75, 3.05) is 0 Å². The Labute approximate surface area is 79.5 Å². The first-order valence-electron chi connectivity index (χ1n) is 4.16. The average Bonchev–Trinajstić information content (AvgIpc) is 1.94. The molecule has 1 amide bonds. The summed E-state index contributed by atoms with van der Waals surface area (Å²) in [6.07, 6.45) is 1.42. The molecule has 12 heavy (non-hydrogen) atoms. The predicted molar refractivity (Wildman–Crippen MR) is 51.2 cm³/mol. The molecule has 1 heterocycles. The second kappa shape index (κ2) is 4.67. The van der Waals surface area contributed by atoms with Gasteiger partial charge in [-0.05, 0) is 12.3 Å². The van der Waals surface area contributed by atoms with Crippen molar-refractivity contribution in [2.45, 2.75) is 38.8 Å². The number of nitrogens with two attached hydrogens (primary N) is 1. The maximum Gasteiger partial charge on any atom is 0.220 e. The van der Waals surface area contributed by atoms with E-state index in [1.165, 1.54) is 0 Å². The van der Waals surface area contributed by atoms with E-state index < -0.39 is 0 Å². The molecule has 2 atom stereocenters. The summed E-state index contributed by atoms with van der Waals surface area (Å²) >= 11 is 0. The SMILES string of the molecule is CC(C)C1NC(=O)CCC1N.Cl. The van der Waals surface area contributed by atoms with Gasteiger partial charge in [-0.2, -0.15) is 0 Å². The quantitative estimate of drug-likeness (QED) is 0.642. The second-order valence-electron chi connectivity index (χ2n) is 3.54. The van der Waals surface area contributed by atoms with Crippen molar-refractivity contribution < 1.29 is 4.79 Å². The summed E-state index contributed by atoms with van der Waals surface area (Å²) in [5.41, 5.74) is 5.83. The molecule has 3 N–H and O–H groups in total. The lowest BCUT2D eigenvalue weighted by atomic mass is 9.90. The summed E-state index contributed by atoms with van der Waals surface area (Å²) in [5, 5.41) is 2.90. The van der Waals surface area contributed by atoms with Crippen LogP contribution in [0.4, 0.5) is 0 Å². The molecule has 0 saturated carbocycles. The van der Waals surface area contributed by atoms with E-state index >= 15 is 0 Å². The molecule has 1 aliphatic rings. The lowest BCUT2D eigenvalue weighted by molar-refractivity contribution is -0.124. The zero-order chi connectivity index (χ0) is 8.43. The summed E-state index contributed by atoms with van der Waals surface area (Å²) in [6.45, 7) is 4.16. The van der Waals surface area contributed by atoms with Gasteiger partial charge in [0.2, 0.25) is 5.91 Å². The molecule has 1 saturated heterocycles. The third-order valence-electron chi connectivity index (χ3n) is 2.21. The van der Waals surface area contributed by atoms with Gasteiger partial charge in [-0.1, -0.05) is 13.8 Å². The molecule has 0 aromatic carbocycles. The molecule has 1 aliphatic heterocycles. The molecule has 0 aromatic heterocycles. The molecule has 3 nitrogen and oxygen atoms in total. The van der Waals surface area contributed by atoms with Crippen molar-refractivity contribution in [1.29, 1.82) is 0 Å². The molecule has 1 rings (SSSR count). The molecule has 1 fully saturated rings. The van der Waals surface area contributed by atoms with Gasteiger partial charge >= 0.3 is 0 Å². The van der Waals surface area contributed by atoms with Crippen LogP contribution in [0.1, 0.15) is 26.7 Å². The molecule has 0 spiro atoms. The largest absolute Gasteiger partial charge is 0.352 e. The Morgan fingerprint density at radius 2 is 2.17 bits per heavy atom. The highest BCUT2D eigenvalue weighted by molar-refractivity contribution is 5.85. The molecular weight excluding hydrogens is 176 g/mol. The van der Waals surface area contributed by atoms with Crippen LogP contribution in [-0.2, 0) is 4.79 Å². The summed E-state index contributed by atoms with van der Waals surface area (Å²) in [4.78, 5) is 11.0. The number of halogens is 1. The number of hydrogen-bond acceptors (Lipinski definition) is 2. The van der Waals surface area contributed by atoms with E-state index in [4.69, 9.17) is 5.73 Å². The Morgan fingerprint density at radius 3 is 2.58 bits per heavy atom. The standard InChI is InChI=1S/C8H16N2O.ClH/c1-5(2)8-6(9)3-4-7(11)10-8;/h5-6,8H,3-4,9H2,1-2H3,(H,10,11);1H. The number of hydrogen-bond donors (Lipinski definition) is 2. The third-order valence-corrected chi connectivity index (χ3v) is 2.21. The molecule has 4 heteroatoms. The maximum absolute atomic E-state index is 11.0. The van der Waals surface area contributed by atoms with Gasteiger partial charge in [0.05, 0.1) is 0 Å². The second-order valence-corrected chi connectivity index (χ2v) is 3.54. The van der Waals surface area contributed by atoms with E-state index in [-0.39, 0.29) is 30.4 Å². The predicted octanol–water partition coefficient (Wildman–Crippen LogP) is 0.670. The van der Waals surface area contributed by atoms with Crippen molar-refractivity contribution >= 4 is 18.3 Å². The van der Waals surface area contributed by atoms with Crippen LogP contribution in [0.15, 0.2) is 0 Å². The fourth-order valence-corrected chi connectivity index (χ4v) is 1.50. The van der Waals surface area contributed by atoms with Crippen molar-refractivity contribution in [3.8, 4) is 0 Å². The molecule has 0 aromatic rings. The monoisotopic (exact) mass is 192 g/mol. The van der Waals surface area contributed by atoms with Crippen molar-refractivity contribution in [3.63, 3.8) is 0 Å². The van der Waals surface area contributed by atoms with Gasteiger partial charge in [0.15, 0.2) is 0 Å². The summed E-state index contributed by atoms with van der Waals surface area (Å²) in [7, 11) is 0. The maximum atomic E-state index is 11.0. The van der Waals surface area contributed by atoms with Crippen LogP contribution >= 0.6 is 12.4 Å². The van der Waals surface area contributed by atoms with E-state index in [0.717, 1.165) is 6.42 Å². The Hall–Kier alpha value is -0.280. The van der Waals surface area contributed by atoms with Crippen LogP contribution in [0.5, 0.6) is 0 Å². The van der Waals surface area contributed by atoms with Crippen LogP contribution in [0.25, 0.3) is 0 Å². The number of carbonyl (C=O) groups excluding carboxylic acids is 1. The third kappa shape index (κ3) is 2.64. The van der Waals surface area contributed by atoms with Crippen LogP contribution in [0.3, 0.4) is 0 Å². The first-order valence-corrected chi connectivity index (χ1v) is 4.16. The first-order chi connectivity index (χ1) is 5.11. The number of amides is 1. The van der Waals surface area contributed by atoms with Crippen LogP contribution in [0.2, 0.25) is 0 Å². The molecule has 72 valence electrons. The summed E-state index contributed by atoms with van der Waals surface area (Å²) in [5.74, 6) is 0.583. The Morgan fingerprint density at radius 1 is 1.58 bits per heavy atom. The molecule has 0 aliphatic carbocycles. The summed E-state index contributed by atoms with van der Waals surface area (Å²) < 4.78 is 0. The van der Waals surface area contributed by atoms with Gasteiger partial charge in [0.25, 0.3) is 0 Å². The Kier molecular flexibility index (Phi) is 4.57. The smallest absolute Gasteiger partial charge is 0.220 e. The van der Waals surface area contributed by atoms with Gasteiger partial charge in [0.1, 0.15) is 0 Å². The van der Waals surface area contributed by atoms with E-state index in [1.54, 1.807) is 0 Å². The normalized spacial score (nSPS) is 29.5. The van der Waals surface area contributed by atoms with Gasteiger partial charge in [0, 0.05) is 18.5 Å². The van der Waals surface area contributed by atoms with E-state index in [0.29, 0.717) is 12.3 Å². The summed E-state index contributed by atoms with van der Waals surface area (Å²) in [6, 6.07) is 0.323. The van der Waals surface area contributed by atoms with E-state index in [2.05, 4.69) is 19.2 Å². The van der Waals surface area contributed by atoms with Crippen LogP contribution in [-0.4, -0.2) is 18.0 Å². The first kappa shape index (κ1) is 11.7. The lowest BCUT2D eigenvalue weighted by Crippen LogP contribution is -2.54. The minimum absolute atomic E-state index is 0. The highest BCUT2D eigenvalue weighted by atomic mass is 35.5. The fourth-order valence-electron chi connectivity index (χ4n) is 1.50. The van der Waals surface area contributed by atoms with Crippen molar-refractivity contribution in [1.82, 2.24) is 5.32 Å². The fraction of sp³-hybridized carbons (Fsp3) is 0.875.